The Morgan fingerprint density at radius 3 is 2.90 bits per heavy atom. The molecule has 1 unspecified atom stereocenters. The number of carbonyl (C=O) groups excluding carboxylic acids is 1. The smallest absolute Gasteiger partial charge is 0.246 e. The molecule has 1 fully saturated rings. The Hall–Kier alpha value is -1.75. The maximum absolute atomic E-state index is 13.7. The molecule has 5 heteroatoms. The van der Waals surface area contributed by atoms with Gasteiger partial charge >= 0.3 is 0 Å². The van der Waals surface area contributed by atoms with E-state index in [0.717, 1.165) is 32.1 Å². The number of halogens is 2. The monoisotopic (exact) mass is 294 g/mol. The van der Waals surface area contributed by atoms with Crippen LogP contribution in [0.2, 0.25) is 0 Å². The molecule has 21 heavy (non-hydrogen) atoms. The molecule has 114 valence electrons. The van der Waals surface area contributed by atoms with Gasteiger partial charge < -0.3 is 10.2 Å². The first-order chi connectivity index (χ1) is 10.0. The van der Waals surface area contributed by atoms with Crippen molar-refractivity contribution in [2.75, 3.05) is 26.7 Å². The molecular weight excluding hydrogens is 274 g/mol. The van der Waals surface area contributed by atoms with Crippen molar-refractivity contribution in [1.82, 2.24) is 10.2 Å². The van der Waals surface area contributed by atoms with E-state index in [2.05, 4.69) is 5.32 Å². The van der Waals surface area contributed by atoms with E-state index in [1.165, 1.54) is 18.2 Å². The minimum atomic E-state index is -0.647. The fourth-order valence-electron chi connectivity index (χ4n) is 2.65. The number of hydrogen-bond acceptors (Lipinski definition) is 2. The SMILES string of the molecule is CNCC1CCN(C(=O)/C=C(\C)c2ccc(F)cc2F)C1. The molecule has 1 amide bonds. The van der Waals surface area contributed by atoms with Crippen LogP contribution >= 0.6 is 0 Å². The van der Waals surface area contributed by atoms with Gasteiger partial charge in [-0.25, -0.2) is 8.78 Å². The van der Waals surface area contributed by atoms with Gasteiger partial charge in [0.15, 0.2) is 0 Å². The average molecular weight is 294 g/mol. The molecule has 1 atom stereocenters. The fraction of sp³-hybridized carbons (Fsp3) is 0.438. The van der Waals surface area contributed by atoms with E-state index in [-0.39, 0.29) is 11.5 Å². The van der Waals surface area contributed by atoms with Crippen LogP contribution in [0.4, 0.5) is 8.78 Å². The third kappa shape index (κ3) is 3.88. The Morgan fingerprint density at radius 1 is 1.48 bits per heavy atom. The van der Waals surface area contributed by atoms with Crippen LogP contribution in [0.5, 0.6) is 0 Å². The lowest BCUT2D eigenvalue weighted by Crippen LogP contribution is -2.29. The molecule has 0 aromatic heterocycles. The zero-order valence-corrected chi connectivity index (χ0v) is 12.3. The number of nitrogens with one attached hydrogen (secondary N) is 1. The topological polar surface area (TPSA) is 32.3 Å². The number of allylic oxidation sites excluding steroid dienone is 1. The van der Waals surface area contributed by atoms with Crippen LogP contribution in [0, 0.1) is 17.6 Å². The van der Waals surface area contributed by atoms with E-state index in [4.69, 9.17) is 0 Å². The van der Waals surface area contributed by atoms with Crippen LogP contribution in [0.25, 0.3) is 5.57 Å². The molecule has 0 aliphatic carbocycles. The molecule has 1 aromatic rings. The molecule has 0 bridgehead atoms. The van der Waals surface area contributed by atoms with Crippen molar-refractivity contribution in [3.05, 3.63) is 41.5 Å². The minimum absolute atomic E-state index is 0.116. The number of benzene rings is 1. The number of carbonyl (C=O) groups is 1. The van der Waals surface area contributed by atoms with Crippen LogP contribution in [-0.2, 0) is 4.79 Å². The maximum atomic E-state index is 13.7. The fourth-order valence-corrected chi connectivity index (χ4v) is 2.65. The molecule has 2 rings (SSSR count). The number of amides is 1. The third-order valence-electron chi connectivity index (χ3n) is 3.79. The Labute approximate surface area is 123 Å². The molecule has 1 aliphatic rings. The number of likely N-dealkylation sites (tertiary alicyclic amines) is 1. The lowest BCUT2D eigenvalue weighted by Gasteiger charge is -2.15. The van der Waals surface area contributed by atoms with Crippen molar-refractivity contribution in [1.29, 1.82) is 0 Å². The standard InChI is InChI=1S/C16H20F2N2O/c1-11(14-4-3-13(17)8-15(14)18)7-16(21)20-6-5-12(10-20)9-19-2/h3-4,7-8,12,19H,5-6,9-10H2,1-2H3/b11-7+. The van der Waals surface area contributed by atoms with Crippen molar-refractivity contribution >= 4 is 11.5 Å². The quantitative estimate of drug-likeness (QED) is 0.865. The van der Waals surface area contributed by atoms with Gasteiger partial charge in [-0.3, -0.25) is 4.79 Å². The van der Waals surface area contributed by atoms with Gasteiger partial charge in [0.1, 0.15) is 11.6 Å². The predicted molar refractivity (Wildman–Crippen MR) is 78.6 cm³/mol. The summed E-state index contributed by atoms with van der Waals surface area (Å²) >= 11 is 0. The summed E-state index contributed by atoms with van der Waals surface area (Å²) in [6.07, 6.45) is 2.41. The zero-order chi connectivity index (χ0) is 15.4. The molecule has 3 nitrogen and oxygen atoms in total. The van der Waals surface area contributed by atoms with Gasteiger partial charge in [-0.1, -0.05) is 0 Å². The highest BCUT2D eigenvalue weighted by molar-refractivity contribution is 5.95. The molecule has 1 aliphatic heterocycles. The van der Waals surface area contributed by atoms with Crippen molar-refractivity contribution in [2.24, 2.45) is 5.92 Å². The molecule has 0 saturated carbocycles. The van der Waals surface area contributed by atoms with E-state index in [1.807, 2.05) is 7.05 Å². The summed E-state index contributed by atoms with van der Waals surface area (Å²) in [7, 11) is 1.89. The average Bonchev–Trinajstić information content (AvgIpc) is 2.87. The van der Waals surface area contributed by atoms with Crippen LogP contribution in [0.3, 0.4) is 0 Å². The lowest BCUT2D eigenvalue weighted by molar-refractivity contribution is -0.125. The Balaban J connectivity index is 2.06. The van der Waals surface area contributed by atoms with E-state index >= 15 is 0 Å². The minimum Gasteiger partial charge on any atom is -0.339 e. The first kappa shape index (κ1) is 15.6. The van der Waals surface area contributed by atoms with Gasteiger partial charge in [0, 0.05) is 30.8 Å². The summed E-state index contributed by atoms with van der Waals surface area (Å²) in [5, 5.41) is 3.11. The van der Waals surface area contributed by atoms with Gasteiger partial charge in [-0.15, -0.1) is 0 Å². The highest BCUT2D eigenvalue weighted by atomic mass is 19.1. The first-order valence-electron chi connectivity index (χ1n) is 7.08. The van der Waals surface area contributed by atoms with Gasteiger partial charge in [0.2, 0.25) is 5.91 Å². The molecule has 1 saturated heterocycles. The Morgan fingerprint density at radius 2 is 2.24 bits per heavy atom. The second-order valence-electron chi connectivity index (χ2n) is 5.45. The van der Waals surface area contributed by atoms with Crippen molar-refractivity contribution in [3.63, 3.8) is 0 Å². The summed E-state index contributed by atoms with van der Waals surface area (Å²) in [6, 6.07) is 3.38. The van der Waals surface area contributed by atoms with Crippen LogP contribution < -0.4 is 5.32 Å². The third-order valence-corrected chi connectivity index (χ3v) is 3.79. The Bertz CT molecular complexity index is 557. The second kappa shape index (κ2) is 6.80. The molecule has 0 spiro atoms. The van der Waals surface area contributed by atoms with Crippen LogP contribution in [0.15, 0.2) is 24.3 Å². The van der Waals surface area contributed by atoms with Crippen LogP contribution in [0.1, 0.15) is 18.9 Å². The van der Waals surface area contributed by atoms with E-state index in [9.17, 15) is 13.6 Å². The second-order valence-corrected chi connectivity index (χ2v) is 5.45. The van der Waals surface area contributed by atoms with E-state index in [0.29, 0.717) is 11.5 Å². The predicted octanol–water partition coefficient (Wildman–Crippen LogP) is 2.44. The highest BCUT2D eigenvalue weighted by Gasteiger charge is 2.24. The summed E-state index contributed by atoms with van der Waals surface area (Å²) in [4.78, 5) is 14.0. The maximum Gasteiger partial charge on any atom is 0.246 e. The van der Waals surface area contributed by atoms with Crippen molar-refractivity contribution < 1.29 is 13.6 Å². The lowest BCUT2D eigenvalue weighted by atomic mass is 10.1. The summed E-state index contributed by atoms with van der Waals surface area (Å²) in [6.45, 7) is 3.99. The van der Waals surface area contributed by atoms with E-state index < -0.39 is 11.6 Å². The number of nitrogens with zero attached hydrogens (tertiary/aromatic N) is 1. The summed E-state index contributed by atoms with van der Waals surface area (Å²) in [5.41, 5.74) is 0.769. The normalized spacial score (nSPS) is 19.1. The van der Waals surface area contributed by atoms with Gasteiger partial charge in [-0.05, 0) is 50.6 Å². The molecule has 1 heterocycles. The highest BCUT2D eigenvalue weighted by Crippen LogP contribution is 2.21. The largest absolute Gasteiger partial charge is 0.339 e. The van der Waals surface area contributed by atoms with Gasteiger partial charge in [-0.2, -0.15) is 0 Å². The van der Waals surface area contributed by atoms with E-state index in [1.54, 1.807) is 11.8 Å². The zero-order valence-electron chi connectivity index (χ0n) is 12.3. The van der Waals surface area contributed by atoms with Crippen molar-refractivity contribution in [3.8, 4) is 0 Å². The molecule has 1 N–H and O–H groups in total. The summed E-state index contributed by atoms with van der Waals surface area (Å²) < 4.78 is 26.6. The molecular formula is C16H20F2N2O. The first-order valence-corrected chi connectivity index (χ1v) is 7.08. The number of hydrogen-bond donors (Lipinski definition) is 1. The summed E-state index contributed by atoms with van der Waals surface area (Å²) in [5.74, 6) is -0.916. The van der Waals surface area contributed by atoms with Gasteiger partial charge in [0.25, 0.3) is 0 Å². The number of rotatable bonds is 4. The van der Waals surface area contributed by atoms with Gasteiger partial charge in [0.05, 0.1) is 0 Å². The molecule has 1 aromatic carbocycles. The Kier molecular flexibility index (Phi) is 5.07. The van der Waals surface area contributed by atoms with Crippen LogP contribution in [-0.4, -0.2) is 37.5 Å². The van der Waals surface area contributed by atoms with Crippen molar-refractivity contribution in [2.45, 2.75) is 13.3 Å². The molecule has 0 radical (unpaired) electrons.